The van der Waals surface area contributed by atoms with Crippen molar-refractivity contribution in [3.05, 3.63) is 71.2 Å². The lowest BCUT2D eigenvalue weighted by atomic mass is 10.2. The van der Waals surface area contributed by atoms with Gasteiger partial charge in [-0.05, 0) is 21.5 Å². The van der Waals surface area contributed by atoms with Gasteiger partial charge in [0.1, 0.15) is 0 Å². The average molecular weight is 405 g/mol. The van der Waals surface area contributed by atoms with E-state index in [0.29, 0.717) is 6.61 Å². The molecule has 24 heavy (non-hydrogen) atoms. The van der Waals surface area contributed by atoms with Crippen molar-refractivity contribution < 1.29 is 9.53 Å². The molecule has 0 aliphatic rings. The summed E-state index contributed by atoms with van der Waals surface area (Å²) in [5.74, 6) is 0. The van der Waals surface area contributed by atoms with E-state index >= 15 is 0 Å². The fourth-order valence-corrected chi connectivity index (χ4v) is 8.09. The second-order valence-corrected chi connectivity index (χ2v) is 12.1. The van der Waals surface area contributed by atoms with Gasteiger partial charge in [0.15, 0.2) is 0 Å². The number of aliphatic hydroxyl groups excluding tert-OH is 1. The van der Waals surface area contributed by atoms with E-state index < -0.39 is 8.32 Å². The van der Waals surface area contributed by atoms with Gasteiger partial charge in [0.25, 0.3) is 8.32 Å². The van der Waals surface area contributed by atoms with E-state index in [1.54, 1.807) is 6.08 Å². The van der Waals surface area contributed by atoms with E-state index in [4.69, 9.17) is 9.53 Å². The number of hydrogen-bond donors (Lipinski definition) is 1. The summed E-state index contributed by atoms with van der Waals surface area (Å²) in [6.07, 6.45) is 1.73. The van der Waals surface area contributed by atoms with Crippen molar-refractivity contribution in [3.63, 3.8) is 0 Å². The highest BCUT2D eigenvalue weighted by Crippen LogP contribution is 2.37. The zero-order chi connectivity index (χ0) is 17.6. The summed E-state index contributed by atoms with van der Waals surface area (Å²) in [7, 11) is -2.49. The third kappa shape index (κ3) is 4.06. The van der Waals surface area contributed by atoms with E-state index in [0.717, 1.165) is 4.48 Å². The first-order chi connectivity index (χ1) is 11.4. The fraction of sp³-hybridized carbons (Fsp3) is 0.300. The Balaban J connectivity index is 2.59. The van der Waals surface area contributed by atoms with E-state index in [9.17, 15) is 0 Å². The number of halogens is 1. The van der Waals surface area contributed by atoms with E-state index in [1.807, 2.05) is 12.1 Å². The molecule has 0 radical (unpaired) electrons. The highest BCUT2D eigenvalue weighted by atomic mass is 79.9. The summed E-state index contributed by atoms with van der Waals surface area (Å²) in [5, 5.41) is 11.6. The topological polar surface area (TPSA) is 29.5 Å². The van der Waals surface area contributed by atoms with E-state index in [-0.39, 0.29) is 11.6 Å². The van der Waals surface area contributed by atoms with Crippen molar-refractivity contribution in [1.29, 1.82) is 0 Å². The molecular weight excluding hydrogens is 380 g/mol. The summed E-state index contributed by atoms with van der Waals surface area (Å²) in [6.45, 7) is 7.22. The van der Waals surface area contributed by atoms with Crippen LogP contribution in [0, 0.1) is 0 Å². The maximum absolute atomic E-state index is 9.11. The maximum Gasteiger partial charge on any atom is 0.261 e. The van der Waals surface area contributed by atoms with Crippen LogP contribution in [-0.4, -0.2) is 26.6 Å². The van der Waals surface area contributed by atoms with Crippen molar-refractivity contribution in [3.8, 4) is 0 Å². The third-order valence-corrected chi connectivity index (χ3v) is 9.69. The smallest absolute Gasteiger partial charge is 0.261 e. The molecule has 2 aromatic carbocycles. The molecule has 0 unspecified atom stereocenters. The molecule has 2 aromatic rings. The minimum absolute atomic E-state index is 0.00465. The Bertz CT molecular complexity index is 624. The largest absolute Gasteiger partial charge is 0.403 e. The Hall–Kier alpha value is -1.20. The highest BCUT2D eigenvalue weighted by Gasteiger charge is 2.50. The normalized spacial score (nSPS) is 13.1. The fourth-order valence-electron chi connectivity index (χ4n) is 3.10. The van der Waals surface area contributed by atoms with Gasteiger partial charge in [-0.25, -0.2) is 0 Å². The Morgan fingerprint density at radius 2 is 1.46 bits per heavy atom. The summed E-state index contributed by atoms with van der Waals surface area (Å²) in [6, 6.07) is 21.1. The van der Waals surface area contributed by atoms with Gasteiger partial charge in [-0.2, -0.15) is 0 Å². The van der Waals surface area contributed by atoms with Crippen molar-refractivity contribution in [2.45, 2.75) is 25.8 Å². The van der Waals surface area contributed by atoms with Crippen molar-refractivity contribution in [1.82, 2.24) is 0 Å². The first-order valence-electron chi connectivity index (χ1n) is 8.12. The molecule has 0 spiro atoms. The lowest BCUT2D eigenvalue weighted by Gasteiger charge is -2.43. The zero-order valence-corrected chi connectivity index (χ0v) is 17.1. The lowest BCUT2D eigenvalue weighted by Crippen LogP contribution is -2.66. The van der Waals surface area contributed by atoms with Crippen LogP contribution in [0.2, 0.25) is 5.04 Å². The molecule has 0 aliphatic heterocycles. The monoisotopic (exact) mass is 404 g/mol. The molecule has 0 aliphatic carbocycles. The maximum atomic E-state index is 9.11. The molecule has 0 fully saturated rings. The number of rotatable bonds is 6. The molecule has 0 heterocycles. The molecular formula is C20H25BrO2Si. The summed E-state index contributed by atoms with van der Waals surface area (Å²) in [5.41, 5.74) is 0. The summed E-state index contributed by atoms with van der Waals surface area (Å²) in [4.78, 5) is 0. The van der Waals surface area contributed by atoms with E-state index in [1.165, 1.54) is 10.4 Å². The van der Waals surface area contributed by atoms with Gasteiger partial charge in [0, 0.05) is 4.48 Å². The van der Waals surface area contributed by atoms with Crippen LogP contribution in [0.1, 0.15) is 20.8 Å². The van der Waals surface area contributed by atoms with Gasteiger partial charge in [0.05, 0.1) is 13.2 Å². The number of aliphatic hydroxyl groups is 1. The highest BCUT2D eigenvalue weighted by molar-refractivity contribution is 9.11. The van der Waals surface area contributed by atoms with Crippen LogP contribution in [-0.2, 0) is 4.43 Å². The first-order valence-corrected chi connectivity index (χ1v) is 10.8. The van der Waals surface area contributed by atoms with E-state index in [2.05, 4.69) is 85.2 Å². The van der Waals surface area contributed by atoms with Crippen LogP contribution in [0.4, 0.5) is 0 Å². The van der Waals surface area contributed by atoms with Gasteiger partial charge >= 0.3 is 0 Å². The van der Waals surface area contributed by atoms with Gasteiger partial charge in [0.2, 0.25) is 0 Å². The molecule has 0 saturated carbocycles. The molecule has 0 atom stereocenters. The van der Waals surface area contributed by atoms with Crippen LogP contribution < -0.4 is 10.4 Å². The first kappa shape index (κ1) is 19.1. The van der Waals surface area contributed by atoms with Crippen molar-refractivity contribution >= 4 is 34.6 Å². The van der Waals surface area contributed by atoms with Gasteiger partial charge in [-0.15, -0.1) is 0 Å². The molecule has 2 rings (SSSR count). The molecule has 0 saturated heterocycles. The Labute approximate surface area is 154 Å². The predicted octanol–water partition coefficient (Wildman–Crippen LogP) is 3.83. The number of benzene rings is 2. The van der Waals surface area contributed by atoms with Gasteiger partial charge < -0.3 is 9.53 Å². The van der Waals surface area contributed by atoms with Crippen molar-refractivity contribution in [2.24, 2.45) is 0 Å². The molecule has 1 N–H and O–H groups in total. The Morgan fingerprint density at radius 1 is 1.00 bits per heavy atom. The van der Waals surface area contributed by atoms with Crippen LogP contribution in [0.3, 0.4) is 0 Å². The molecule has 128 valence electrons. The second kappa shape index (κ2) is 8.25. The molecule has 0 amide bonds. The Kier molecular flexibility index (Phi) is 6.58. The van der Waals surface area contributed by atoms with Crippen molar-refractivity contribution in [2.75, 3.05) is 13.2 Å². The average Bonchev–Trinajstić information content (AvgIpc) is 2.56. The third-order valence-electron chi connectivity index (χ3n) is 4.16. The summed E-state index contributed by atoms with van der Waals surface area (Å²) >= 11 is 3.50. The number of hydrogen-bond acceptors (Lipinski definition) is 2. The van der Waals surface area contributed by atoms with Crippen LogP contribution in [0.25, 0.3) is 0 Å². The van der Waals surface area contributed by atoms with Crippen LogP contribution in [0.15, 0.2) is 71.2 Å². The molecule has 2 nitrogen and oxygen atoms in total. The lowest BCUT2D eigenvalue weighted by molar-refractivity contribution is 0.326. The molecule has 0 bridgehead atoms. The predicted molar refractivity (Wildman–Crippen MR) is 108 cm³/mol. The SMILES string of the molecule is CC(C)(C)[Si](OC/C(Br)=C/CO)(c1ccccc1)c1ccccc1. The standard InChI is InChI=1S/C20H25BrO2Si/c1-20(2,3)24(18-10-6-4-7-11-18,19-12-8-5-9-13-19)23-16-17(21)14-15-22/h4-14,22H,15-16H2,1-3H3/b17-14-. The second-order valence-electron chi connectivity index (χ2n) is 6.79. The zero-order valence-electron chi connectivity index (χ0n) is 14.5. The Morgan fingerprint density at radius 3 is 1.83 bits per heavy atom. The molecule has 0 aromatic heterocycles. The minimum atomic E-state index is -2.49. The minimum Gasteiger partial charge on any atom is -0.403 e. The quantitative estimate of drug-likeness (QED) is 0.741. The summed E-state index contributed by atoms with van der Waals surface area (Å²) < 4.78 is 7.57. The van der Waals surface area contributed by atoms with Crippen LogP contribution >= 0.6 is 15.9 Å². The van der Waals surface area contributed by atoms with Gasteiger partial charge in [-0.3, -0.25) is 0 Å². The molecule has 4 heteroatoms. The van der Waals surface area contributed by atoms with Crippen LogP contribution in [0.5, 0.6) is 0 Å². The van der Waals surface area contributed by atoms with Gasteiger partial charge in [-0.1, -0.05) is 97.4 Å².